The number of rotatable bonds is 4. The third kappa shape index (κ3) is 4.83. The zero-order valence-electron chi connectivity index (χ0n) is 13.7. The third-order valence-corrected chi connectivity index (χ3v) is 4.25. The maximum Gasteiger partial charge on any atom is 0.416 e. The van der Waals surface area contributed by atoms with Crippen molar-refractivity contribution in [3.8, 4) is 0 Å². The standard InChI is InChI=1S/C16H19F3N2O4/c1-2-25-15(22)20-7-5-11(6-8-20)9-12-10-13(16(17,18)19)3-4-14(12)21(23)24/h3-4,10-11H,2,5-9H2,1H3. The predicted octanol–water partition coefficient (Wildman–Crippen LogP) is 4.02. The molecule has 1 saturated heterocycles. The molecule has 0 radical (unpaired) electrons. The topological polar surface area (TPSA) is 72.7 Å². The summed E-state index contributed by atoms with van der Waals surface area (Å²) < 4.78 is 43.5. The molecule has 9 heteroatoms. The smallest absolute Gasteiger partial charge is 0.416 e. The number of hydrogen-bond acceptors (Lipinski definition) is 4. The average molecular weight is 360 g/mol. The molecule has 0 unspecified atom stereocenters. The van der Waals surface area contributed by atoms with Gasteiger partial charge in [0.15, 0.2) is 0 Å². The quantitative estimate of drug-likeness (QED) is 0.600. The number of likely N-dealkylation sites (tertiary alicyclic amines) is 1. The molecular formula is C16H19F3N2O4. The highest BCUT2D eigenvalue weighted by Crippen LogP contribution is 2.34. The molecule has 1 aliphatic heterocycles. The van der Waals surface area contributed by atoms with Gasteiger partial charge in [0.2, 0.25) is 0 Å². The largest absolute Gasteiger partial charge is 0.450 e. The Bertz CT molecular complexity index is 641. The molecule has 0 aliphatic carbocycles. The van der Waals surface area contributed by atoms with Gasteiger partial charge in [-0.2, -0.15) is 13.2 Å². The molecule has 0 N–H and O–H groups in total. The van der Waals surface area contributed by atoms with Gasteiger partial charge in [0.05, 0.1) is 17.1 Å². The third-order valence-electron chi connectivity index (χ3n) is 4.25. The summed E-state index contributed by atoms with van der Waals surface area (Å²) in [5.74, 6) is -0.0205. The molecule has 0 saturated carbocycles. The van der Waals surface area contributed by atoms with Gasteiger partial charge in [0.1, 0.15) is 0 Å². The van der Waals surface area contributed by atoms with E-state index in [9.17, 15) is 28.1 Å². The normalized spacial score (nSPS) is 15.9. The Balaban J connectivity index is 2.09. The molecule has 25 heavy (non-hydrogen) atoms. The van der Waals surface area contributed by atoms with E-state index < -0.39 is 22.8 Å². The first-order valence-corrected chi connectivity index (χ1v) is 7.98. The van der Waals surface area contributed by atoms with E-state index in [0.29, 0.717) is 25.9 Å². The summed E-state index contributed by atoms with van der Waals surface area (Å²) in [7, 11) is 0. The van der Waals surface area contributed by atoms with Crippen LogP contribution < -0.4 is 0 Å². The molecular weight excluding hydrogens is 341 g/mol. The van der Waals surface area contributed by atoms with Crippen molar-refractivity contribution < 1.29 is 27.6 Å². The number of nitrogens with zero attached hydrogens (tertiary/aromatic N) is 2. The van der Waals surface area contributed by atoms with Gasteiger partial charge in [-0.25, -0.2) is 4.79 Å². The van der Waals surface area contributed by atoms with Crippen LogP contribution in [0.2, 0.25) is 0 Å². The van der Waals surface area contributed by atoms with Crippen LogP contribution in [0.1, 0.15) is 30.9 Å². The number of carbonyl (C=O) groups excluding carboxylic acids is 1. The molecule has 2 rings (SSSR count). The number of carbonyl (C=O) groups is 1. The van der Waals surface area contributed by atoms with Crippen molar-refractivity contribution in [2.45, 2.75) is 32.4 Å². The van der Waals surface area contributed by atoms with Gasteiger partial charge in [-0.15, -0.1) is 0 Å². The summed E-state index contributed by atoms with van der Waals surface area (Å²) in [5, 5.41) is 11.1. The lowest BCUT2D eigenvalue weighted by atomic mass is 9.89. The van der Waals surface area contributed by atoms with Crippen molar-refractivity contribution in [3.63, 3.8) is 0 Å². The van der Waals surface area contributed by atoms with E-state index >= 15 is 0 Å². The number of ether oxygens (including phenoxy) is 1. The van der Waals surface area contributed by atoms with Crippen LogP contribution in [0.15, 0.2) is 18.2 Å². The highest BCUT2D eigenvalue weighted by molar-refractivity contribution is 5.67. The number of benzene rings is 1. The van der Waals surface area contributed by atoms with Crippen molar-refractivity contribution >= 4 is 11.8 Å². The van der Waals surface area contributed by atoms with Crippen molar-refractivity contribution in [1.82, 2.24) is 4.90 Å². The molecule has 0 spiro atoms. The number of nitro groups is 1. The Morgan fingerprint density at radius 2 is 2.00 bits per heavy atom. The van der Waals surface area contributed by atoms with Crippen LogP contribution in [-0.4, -0.2) is 35.6 Å². The molecule has 1 aliphatic rings. The molecule has 138 valence electrons. The van der Waals surface area contributed by atoms with E-state index in [1.807, 2.05) is 0 Å². The van der Waals surface area contributed by atoms with Gasteiger partial charge in [0, 0.05) is 24.7 Å². The van der Waals surface area contributed by atoms with E-state index in [1.165, 1.54) is 0 Å². The zero-order valence-corrected chi connectivity index (χ0v) is 13.7. The Kier molecular flexibility index (Phi) is 5.86. The Hall–Kier alpha value is -2.32. The van der Waals surface area contributed by atoms with Crippen molar-refractivity contribution in [3.05, 3.63) is 39.4 Å². The van der Waals surface area contributed by atoms with Gasteiger partial charge in [-0.3, -0.25) is 10.1 Å². The zero-order chi connectivity index (χ0) is 18.6. The van der Waals surface area contributed by atoms with Crippen LogP contribution >= 0.6 is 0 Å². The van der Waals surface area contributed by atoms with Crippen LogP contribution in [0.4, 0.5) is 23.7 Å². The Morgan fingerprint density at radius 1 is 1.36 bits per heavy atom. The minimum Gasteiger partial charge on any atom is -0.450 e. The summed E-state index contributed by atoms with van der Waals surface area (Å²) >= 11 is 0. The summed E-state index contributed by atoms with van der Waals surface area (Å²) in [6.07, 6.45) is -3.65. The number of nitro benzene ring substituents is 1. The van der Waals surface area contributed by atoms with Crippen LogP contribution in [0.25, 0.3) is 0 Å². The van der Waals surface area contributed by atoms with E-state index in [4.69, 9.17) is 4.74 Å². The van der Waals surface area contributed by atoms with Gasteiger partial charge >= 0.3 is 12.3 Å². The summed E-state index contributed by atoms with van der Waals surface area (Å²) in [5.41, 5.74) is -1.12. The summed E-state index contributed by atoms with van der Waals surface area (Å²) in [6.45, 7) is 2.83. The molecule has 6 nitrogen and oxygen atoms in total. The number of amides is 1. The Labute approximate surface area is 142 Å². The number of hydrogen-bond donors (Lipinski definition) is 0. The fourth-order valence-electron chi connectivity index (χ4n) is 2.95. The number of piperidine rings is 1. The van der Waals surface area contributed by atoms with Crippen molar-refractivity contribution in [1.29, 1.82) is 0 Å². The minimum atomic E-state index is -4.54. The van der Waals surface area contributed by atoms with Gasteiger partial charge in [-0.05, 0) is 44.2 Å². The maximum absolute atomic E-state index is 12.9. The highest BCUT2D eigenvalue weighted by Gasteiger charge is 2.33. The minimum absolute atomic E-state index is 0.0205. The summed E-state index contributed by atoms with van der Waals surface area (Å²) in [6, 6.07) is 2.49. The lowest BCUT2D eigenvalue weighted by Gasteiger charge is -2.31. The van der Waals surface area contributed by atoms with Gasteiger partial charge in [-0.1, -0.05) is 0 Å². The lowest BCUT2D eigenvalue weighted by Crippen LogP contribution is -2.39. The fourth-order valence-corrected chi connectivity index (χ4v) is 2.95. The number of halogens is 3. The van der Waals surface area contributed by atoms with Crippen molar-refractivity contribution in [2.75, 3.05) is 19.7 Å². The molecule has 1 amide bonds. The molecule has 0 bridgehead atoms. The first kappa shape index (κ1) is 19.0. The van der Waals surface area contributed by atoms with E-state index in [-0.39, 0.29) is 30.2 Å². The van der Waals surface area contributed by atoms with Gasteiger partial charge < -0.3 is 9.64 Å². The SMILES string of the molecule is CCOC(=O)N1CCC(Cc2cc(C(F)(F)F)ccc2[N+](=O)[O-])CC1. The first-order chi connectivity index (χ1) is 11.7. The van der Waals surface area contributed by atoms with E-state index in [2.05, 4.69) is 0 Å². The maximum atomic E-state index is 12.9. The molecule has 0 aromatic heterocycles. The van der Waals surface area contributed by atoms with Crippen molar-refractivity contribution in [2.24, 2.45) is 5.92 Å². The van der Waals surface area contributed by atoms with Crippen LogP contribution in [0.3, 0.4) is 0 Å². The van der Waals surface area contributed by atoms with E-state index in [0.717, 1.165) is 18.2 Å². The monoisotopic (exact) mass is 360 g/mol. The average Bonchev–Trinajstić information content (AvgIpc) is 2.54. The lowest BCUT2D eigenvalue weighted by molar-refractivity contribution is -0.385. The second-order valence-electron chi connectivity index (χ2n) is 5.93. The fraction of sp³-hybridized carbons (Fsp3) is 0.562. The number of alkyl halides is 3. The molecule has 1 aromatic carbocycles. The molecule has 1 aromatic rings. The van der Waals surface area contributed by atoms with Gasteiger partial charge in [0.25, 0.3) is 5.69 Å². The molecule has 0 atom stereocenters. The highest BCUT2D eigenvalue weighted by atomic mass is 19.4. The first-order valence-electron chi connectivity index (χ1n) is 7.98. The molecule has 1 fully saturated rings. The van der Waals surface area contributed by atoms with Crippen LogP contribution in [0, 0.1) is 16.0 Å². The van der Waals surface area contributed by atoms with Crippen LogP contribution in [-0.2, 0) is 17.3 Å². The second kappa shape index (κ2) is 7.71. The molecule has 1 heterocycles. The van der Waals surface area contributed by atoms with Crippen LogP contribution in [0.5, 0.6) is 0 Å². The Morgan fingerprint density at radius 3 is 2.52 bits per heavy atom. The van der Waals surface area contributed by atoms with E-state index in [1.54, 1.807) is 11.8 Å². The second-order valence-corrected chi connectivity index (χ2v) is 5.93. The predicted molar refractivity (Wildman–Crippen MR) is 83.1 cm³/mol. The summed E-state index contributed by atoms with van der Waals surface area (Å²) in [4.78, 5) is 23.6.